The number of amides is 1. The maximum absolute atomic E-state index is 15.4. The number of nitrogens with one attached hydrogen (secondary N) is 1. The van der Waals surface area contributed by atoms with Crippen molar-refractivity contribution in [3.63, 3.8) is 0 Å². The highest BCUT2D eigenvalue weighted by Gasteiger charge is 2.38. The third-order valence-corrected chi connectivity index (χ3v) is 13.3. The Hall–Kier alpha value is -4.83. The number of carbonyl (C=O) groups is 1. The maximum Gasteiger partial charge on any atom is 0.407 e. The van der Waals surface area contributed by atoms with Gasteiger partial charge in [-0.2, -0.15) is 9.10 Å². The number of ether oxygens (including phenoxy) is 4. The molecule has 5 aromatic rings. The summed E-state index contributed by atoms with van der Waals surface area (Å²) in [5, 5.41) is 25.5. The molecule has 16 nitrogen and oxygen atoms in total. The molecule has 0 spiro atoms. The summed E-state index contributed by atoms with van der Waals surface area (Å²) in [6.45, 7) is 3.90. The van der Waals surface area contributed by atoms with E-state index in [1.165, 1.54) is 31.1 Å². The number of hydrogen-bond acceptors (Lipinski definition) is 13. The van der Waals surface area contributed by atoms with Crippen LogP contribution in [-0.4, -0.2) is 97.9 Å². The first kappa shape index (κ1) is 44.3. The van der Waals surface area contributed by atoms with Crippen LogP contribution in [0.4, 0.5) is 4.79 Å². The van der Waals surface area contributed by atoms with Crippen LogP contribution in [-0.2, 0) is 44.2 Å². The average molecular weight is 949 g/mol. The van der Waals surface area contributed by atoms with Crippen LogP contribution in [0.2, 0.25) is 0 Å². The number of benzene rings is 4. The molecule has 0 fully saturated rings. The second kappa shape index (κ2) is 18.8. The van der Waals surface area contributed by atoms with Crippen LogP contribution in [0.15, 0.2) is 94.7 Å². The minimum Gasteiger partial charge on any atom is -0.497 e. The quantitative estimate of drug-likeness (QED) is 0.117. The van der Waals surface area contributed by atoms with E-state index >= 15 is 8.42 Å². The van der Waals surface area contributed by atoms with Crippen molar-refractivity contribution in [3.05, 3.63) is 105 Å². The fourth-order valence-electron chi connectivity index (χ4n) is 5.75. The predicted molar refractivity (Wildman–Crippen MR) is 223 cm³/mol. The van der Waals surface area contributed by atoms with Gasteiger partial charge in [0.15, 0.2) is 9.84 Å². The minimum atomic E-state index is -4.81. The molecule has 0 unspecified atom stereocenters. The Morgan fingerprint density at radius 2 is 1.31 bits per heavy atom. The van der Waals surface area contributed by atoms with Gasteiger partial charge in [-0.05, 0) is 114 Å². The summed E-state index contributed by atoms with van der Waals surface area (Å²) in [4.78, 5) is 12.7. The molecular formula is C39H45IN6O10S2. The molecule has 1 amide bonds. The van der Waals surface area contributed by atoms with E-state index in [4.69, 9.17) is 18.9 Å². The van der Waals surface area contributed by atoms with Gasteiger partial charge < -0.3 is 29.4 Å². The lowest BCUT2D eigenvalue weighted by Crippen LogP contribution is -2.44. The van der Waals surface area contributed by atoms with Crippen LogP contribution in [0.1, 0.15) is 37.5 Å². The van der Waals surface area contributed by atoms with Crippen molar-refractivity contribution < 1.29 is 45.7 Å². The zero-order chi connectivity index (χ0) is 42.3. The first-order valence-corrected chi connectivity index (χ1v) is 22.0. The molecule has 310 valence electrons. The van der Waals surface area contributed by atoms with Crippen molar-refractivity contribution in [2.45, 2.75) is 61.8 Å². The molecule has 58 heavy (non-hydrogen) atoms. The Balaban J connectivity index is 1.68. The molecule has 1 atom stereocenters. The van der Waals surface area contributed by atoms with Gasteiger partial charge in [0.25, 0.3) is 0 Å². The first-order valence-electron chi connectivity index (χ1n) is 17.8. The number of nitrogens with zero attached hydrogens (tertiary/aromatic N) is 5. The van der Waals surface area contributed by atoms with Gasteiger partial charge in [0.05, 0.1) is 56.7 Å². The van der Waals surface area contributed by atoms with E-state index in [1.54, 1.807) is 88.5 Å². The fourth-order valence-corrected chi connectivity index (χ4v) is 10.6. The van der Waals surface area contributed by atoms with Crippen molar-refractivity contribution in [3.8, 4) is 28.6 Å². The molecule has 0 aliphatic rings. The lowest BCUT2D eigenvalue weighted by atomic mass is 10.2. The summed E-state index contributed by atoms with van der Waals surface area (Å²) >= 11 is 1.91. The third kappa shape index (κ3) is 11.2. The van der Waals surface area contributed by atoms with Crippen molar-refractivity contribution >= 4 is 48.5 Å². The van der Waals surface area contributed by atoms with Crippen LogP contribution in [0.25, 0.3) is 11.4 Å². The van der Waals surface area contributed by atoms with Crippen LogP contribution in [0.5, 0.6) is 17.2 Å². The van der Waals surface area contributed by atoms with Gasteiger partial charge in [0, 0.05) is 16.7 Å². The molecule has 0 aliphatic carbocycles. The number of hydrogen-bond donors (Lipinski definition) is 2. The van der Waals surface area contributed by atoms with Crippen LogP contribution >= 0.6 is 22.6 Å². The molecule has 5 rings (SSSR count). The molecule has 0 aliphatic heterocycles. The summed E-state index contributed by atoms with van der Waals surface area (Å²) in [6, 6.07) is 22.1. The molecule has 0 saturated heterocycles. The lowest BCUT2D eigenvalue weighted by Gasteiger charge is -2.26. The van der Waals surface area contributed by atoms with Crippen LogP contribution < -0.4 is 19.5 Å². The van der Waals surface area contributed by atoms with E-state index in [-0.39, 0.29) is 31.0 Å². The molecule has 4 aromatic carbocycles. The van der Waals surface area contributed by atoms with E-state index in [1.807, 2.05) is 34.7 Å². The fraction of sp³-hybridized carbons (Fsp3) is 0.333. The second-order valence-electron chi connectivity index (χ2n) is 14.0. The highest BCUT2D eigenvalue weighted by molar-refractivity contribution is 14.1. The molecule has 0 bridgehead atoms. The Kier molecular flexibility index (Phi) is 14.4. The lowest BCUT2D eigenvalue weighted by molar-refractivity contribution is 0.0490. The van der Waals surface area contributed by atoms with Crippen molar-refractivity contribution in [1.29, 1.82) is 0 Å². The Morgan fingerprint density at radius 3 is 1.78 bits per heavy atom. The van der Waals surface area contributed by atoms with Crippen LogP contribution in [0.3, 0.4) is 0 Å². The van der Waals surface area contributed by atoms with Gasteiger partial charge in [-0.15, -0.1) is 10.2 Å². The number of aliphatic hydroxyl groups excluding tert-OH is 1. The number of rotatable bonds is 17. The van der Waals surface area contributed by atoms with Crippen molar-refractivity contribution in [2.24, 2.45) is 0 Å². The highest BCUT2D eigenvalue weighted by atomic mass is 127. The number of halogens is 1. The summed E-state index contributed by atoms with van der Waals surface area (Å²) in [5.41, 5.74) is 0.948. The van der Waals surface area contributed by atoms with Gasteiger partial charge in [0.2, 0.25) is 15.8 Å². The van der Waals surface area contributed by atoms with Gasteiger partial charge in [-0.25, -0.2) is 21.6 Å². The second-order valence-corrected chi connectivity index (χ2v) is 19.1. The number of sulfone groups is 1. The SMILES string of the molecule is COc1ccc(CN(Cc2ccc(OC)cc2)S(=O)(=O)c2c(S(=O)(=O)C[C@@H](CO)NC(=O)OC(C)(C)C)ccc(I)c2-c2nnn(Cc3ccc(OC)cc3)n2)cc1. The molecule has 2 N–H and O–H groups in total. The van der Waals surface area contributed by atoms with Gasteiger partial charge >= 0.3 is 6.09 Å². The Labute approximate surface area is 351 Å². The minimum absolute atomic E-state index is 0.0993. The molecule has 0 radical (unpaired) electrons. The average Bonchev–Trinajstić information content (AvgIpc) is 3.64. The third-order valence-electron chi connectivity index (χ3n) is 8.56. The van der Waals surface area contributed by atoms with E-state index in [0.717, 1.165) is 9.87 Å². The number of tetrazole rings is 1. The summed E-state index contributed by atoms with van der Waals surface area (Å²) in [7, 11) is -4.86. The Bertz CT molecular complexity index is 2360. The van der Waals surface area contributed by atoms with Crippen molar-refractivity contribution in [2.75, 3.05) is 33.7 Å². The molecule has 0 saturated carbocycles. The topological polar surface area (TPSA) is 201 Å². The van der Waals surface area contributed by atoms with E-state index in [2.05, 4.69) is 20.7 Å². The smallest absolute Gasteiger partial charge is 0.407 e. The zero-order valence-corrected chi connectivity index (χ0v) is 36.5. The monoisotopic (exact) mass is 948 g/mol. The predicted octanol–water partition coefficient (Wildman–Crippen LogP) is 5.07. The molecule has 19 heteroatoms. The van der Waals surface area contributed by atoms with Gasteiger partial charge in [0.1, 0.15) is 27.7 Å². The number of aliphatic hydroxyl groups is 1. The van der Waals surface area contributed by atoms with Gasteiger partial charge in [-0.1, -0.05) is 36.4 Å². The van der Waals surface area contributed by atoms with Crippen LogP contribution in [0, 0.1) is 3.57 Å². The van der Waals surface area contributed by atoms with E-state index in [0.29, 0.717) is 31.9 Å². The summed E-state index contributed by atoms with van der Waals surface area (Å²) < 4.78 is 82.5. The normalized spacial score (nSPS) is 12.6. The van der Waals surface area contributed by atoms with Gasteiger partial charge in [-0.3, -0.25) is 0 Å². The molecular weight excluding hydrogens is 903 g/mol. The number of alkyl carbamates (subject to hydrolysis) is 1. The Morgan fingerprint density at radius 1 is 0.810 bits per heavy atom. The zero-order valence-electron chi connectivity index (χ0n) is 32.7. The van der Waals surface area contributed by atoms with Crippen molar-refractivity contribution in [1.82, 2.24) is 29.8 Å². The summed E-state index contributed by atoms with van der Waals surface area (Å²) in [5.74, 6) is 0.748. The first-order chi connectivity index (χ1) is 27.5. The number of sulfonamides is 1. The number of methoxy groups -OCH3 is 3. The largest absolute Gasteiger partial charge is 0.497 e. The standard InChI is InChI=1S/C39H45IN6O10S2/c1-39(2,3)56-38(48)41-29(24-47)25-57(49,50)34-20-19-33(40)35(37-42-44-46(43-37)23-28-11-17-32(55-6)18-12-28)36(34)58(51,52)45(21-26-7-13-30(53-4)14-8-26)22-27-9-15-31(54-5)16-10-27/h7-20,29,47H,21-25H2,1-6H3,(H,41,48)/t29-/m1/s1. The number of carbonyl (C=O) groups excluding carboxylic acids is 1. The molecule has 1 aromatic heterocycles. The maximum atomic E-state index is 15.4. The molecule has 1 heterocycles. The highest BCUT2D eigenvalue weighted by Crippen LogP contribution is 2.38. The number of aromatic nitrogens is 4. The van der Waals surface area contributed by atoms with E-state index in [9.17, 15) is 18.3 Å². The van der Waals surface area contributed by atoms with E-state index < -0.39 is 59.7 Å². The summed E-state index contributed by atoms with van der Waals surface area (Å²) in [6.07, 6.45) is -0.958.